The lowest BCUT2D eigenvalue weighted by Gasteiger charge is -2.19. The Morgan fingerprint density at radius 3 is 2.58 bits per heavy atom. The molecule has 10 heteroatoms. The van der Waals surface area contributed by atoms with Gasteiger partial charge < -0.3 is 29.1 Å². The molecule has 2 aromatic rings. The topological polar surface area (TPSA) is 97.1 Å². The van der Waals surface area contributed by atoms with E-state index in [0.29, 0.717) is 49.5 Å². The molecule has 178 valence electrons. The SMILES string of the molecule is CN(C)CCNC(=O)c1cc(COC(=O)N2C[C@H]3CC(Oc4ccc(F)cc4)C[C@H]3C2)on1. The highest BCUT2D eigenvalue weighted by Gasteiger charge is 2.43. The third-order valence-electron chi connectivity index (χ3n) is 6.06. The van der Waals surface area contributed by atoms with Crippen LogP contribution in [0.3, 0.4) is 0 Å². The second-order valence-electron chi connectivity index (χ2n) is 8.88. The van der Waals surface area contributed by atoms with Crippen molar-refractivity contribution in [3.8, 4) is 5.75 Å². The van der Waals surface area contributed by atoms with E-state index in [2.05, 4.69) is 10.5 Å². The van der Waals surface area contributed by atoms with Gasteiger partial charge in [-0.3, -0.25) is 4.79 Å². The molecule has 0 radical (unpaired) electrons. The fourth-order valence-corrected chi connectivity index (χ4v) is 4.39. The van der Waals surface area contributed by atoms with E-state index >= 15 is 0 Å². The van der Waals surface area contributed by atoms with E-state index in [-0.39, 0.29) is 30.1 Å². The number of carbonyl (C=O) groups excluding carboxylic acids is 2. The monoisotopic (exact) mass is 460 g/mol. The van der Waals surface area contributed by atoms with E-state index in [0.717, 1.165) is 12.8 Å². The molecule has 1 aliphatic heterocycles. The van der Waals surface area contributed by atoms with E-state index in [1.54, 1.807) is 17.0 Å². The van der Waals surface area contributed by atoms with Crippen LogP contribution in [0.4, 0.5) is 9.18 Å². The zero-order valence-electron chi connectivity index (χ0n) is 18.8. The molecule has 2 fully saturated rings. The summed E-state index contributed by atoms with van der Waals surface area (Å²) >= 11 is 0. The molecular formula is C23H29FN4O5. The number of likely N-dealkylation sites (tertiary alicyclic amines) is 1. The Morgan fingerprint density at radius 1 is 1.21 bits per heavy atom. The van der Waals surface area contributed by atoms with E-state index < -0.39 is 6.09 Å². The van der Waals surface area contributed by atoms with Crippen LogP contribution in [0.2, 0.25) is 0 Å². The summed E-state index contributed by atoms with van der Waals surface area (Å²) in [6.07, 6.45) is 1.36. The molecule has 1 saturated heterocycles. The van der Waals surface area contributed by atoms with Crippen LogP contribution in [0, 0.1) is 17.7 Å². The number of rotatable bonds is 8. The van der Waals surface area contributed by atoms with Crippen LogP contribution >= 0.6 is 0 Å². The minimum atomic E-state index is -0.409. The number of benzene rings is 1. The third kappa shape index (κ3) is 6.01. The van der Waals surface area contributed by atoms with Crippen LogP contribution in [0.25, 0.3) is 0 Å². The lowest BCUT2D eigenvalue weighted by atomic mass is 10.0. The minimum Gasteiger partial charge on any atom is -0.490 e. The van der Waals surface area contributed by atoms with Gasteiger partial charge in [0.05, 0.1) is 6.10 Å². The van der Waals surface area contributed by atoms with Gasteiger partial charge in [-0.05, 0) is 63.0 Å². The van der Waals surface area contributed by atoms with E-state index in [4.69, 9.17) is 14.0 Å². The maximum absolute atomic E-state index is 13.1. The second kappa shape index (κ2) is 10.2. The molecule has 0 bridgehead atoms. The number of nitrogens with zero attached hydrogens (tertiary/aromatic N) is 3. The Balaban J connectivity index is 1.19. The molecule has 1 aromatic heterocycles. The van der Waals surface area contributed by atoms with Crippen molar-refractivity contribution in [1.82, 2.24) is 20.3 Å². The molecule has 1 saturated carbocycles. The van der Waals surface area contributed by atoms with Crippen LogP contribution < -0.4 is 10.1 Å². The summed E-state index contributed by atoms with van der Waals surface area (Å²) in [5.74, 6) is 1.06. The molecule has 4 rings (SSSR count). The zero-order valence-corrected chi connectivity index (χ0v) is 18.8. The number of carbonyl (C=O) groups is 2. The molecule has 3 atom stereocenters. The van der Waals surface area contributed by atoms with Crippen molar-refractivity contribution < 1.29 is 28.0 Å². The first-order chi connectivity index (χ1) is 15.9. The van der Waals surface area contributed by atoms with Crippen molar-refractivity contribution in [2.45, 2.75) is 25.6 Å². The van der Waals surface area contributed by atoms with Gasteiger partial charge in [-0.1, -0.05) is 5.16 Å². The molecule has 2 amide bonds. The molecule has 1 aliphatic carbocycles. The summed E-state index contributed by atoms with van der Waals surface area (Å²) < 4.78 is 29.5. The van der Waals surface area contributed by atoms with Crippen molar-refractivity contribution in [1.29, 1.82) is 0 Å². The molecule has 2 aliphatic rings. The molecule has 33 heavy (non-hydrogen) atoms. The van der Waals surface area contributed by atoms with Gasteiger partial charge in [0.1, 0.15) is 11.6 Å². The first-order valence-electron chi connectivity index (χ1n) is 11.1. The van der Waals surface area contributed by atoms with Gasteiger partial charge >= 0.3 is 6.09 Å². The number of ether oxygens (including phenoxy) is 2. The predicted molar refractivity (Wildman–Crippen MR) is 116 cm³/mol. The summed E-state index contributed by atoms with van der Waals surface area (Å²) in [5, 5.41) is 6.49. The third-order valence-corrected chi connectivity index (χ3v) is 6.06. The van der Waals surface area contributed by atoms with Gasteiger partial charge in [-0.15, -0.1) is 0 Å². The van der Waals surface area contributed by atoms with Gasteiger partial charge in [0.2, 0.25) is 0 Å². The van der Waals surface area contributed by atoms with Crippen LogP contribution in [-0.4, -0.2) is 73.3 Å². The largest absolute Gasteiger partial charge is 0.490 e. The highest BCUT2D eigenvalue weighted by atomic mass is 19.1. The lowest BCUT2D eigenvalue weighted by Crippen LogP contribution is -2.31. The second-order valence-corrected chi connectivity index (χ2v) is 8.88. The average molecular weight is 461 g/mol. The van der Waals surface area contributed by atoms with Gasteiger partial charge in [-0.25, -0.2) is 9.18 Å². The Morgan fingerprint density at radius 2 is 1.91 bits per heavy atom. The van der Waals surface area contributed by atoms with E-state index in [1.807, 2.05) is 19.0 Å². The number of fused-ring (bicyclic) bond motifs is 1. The van der Waals surface area contributed by atoms with Crippen molar-refractivity contribution in [3.63, 3.8) is 0 Å². The number of amides is 2. The van der Waals surface area contributed by atoms with Crippen LogP contribution in [0.15, 0.2) is 34.9 Å². The maximum atomic E-state index is 13.1. The molecule has 1 N–H and O–H groups in total. The summed E-state index contributed by atoms with van der Waals surface area (Å²) in [7, 11) is 3.84. The number of nitrogens with one attached hydrogen (secondary N) is 1. The van der Waals surface area contributed by atoms with Crippen LogP contribution in [0.1, 0.15) is 29.1 Å². The summed E-state index contributed by atoms with van der Waals surface area (Å²) in [4.78, 5) is 28.2. The van der Waals surface area contributed by atoms with Crippen LogP contribution in [0.5, 0.6) is 5.75 Å². The highest BCUT2D eigenvalue weighted by molar-refractivity contribution is 5.92. The normalized spacial score (nSPS) is 21.8. The maximum Gasteiger partial charge on any atom is 0.410 e. The molecule has 9 nitrogen and oxygen atoms in total. The van der Waals surface area contributed by atoms with Gasteiger partial charge in [0.25, 0.3) is 5.91 Å². The number of halogens is 1. The number of hydrogen-bond donors (Lipinski definition) is 1. The molecule has 2 heterocycles. The van der Waals surface area contributed by atoms with Crippen molar-refractivity contribution in [3.05, 3.63) is 47.6 Å². The molecule has 1 unspecified atom stereocenters. The van der Waals surface area contributed by atoms with Crippen molar-refractivity contribution in [2.24, 2.45) is 11.8 Å². The zero-order chi connectivity index (χ0) is 23.4. The van der Waals surface area contributed by atoms with E-state index in [9.17, 15) is 14.0 Å². The van der Waals surface area contributed by atoms with Gasteiger partial charge in [-0.2, -0.15) is 0 Å². The number of likely N-dealkylation sites (N-methyl/N-ethyl adjacent to an activating group) is 1. The van der Waals surface area contributed by atoms with Gasteiger partial charge in [0, 0.05) is 32.2 Å². The molecule has 1 aromatic carbocycles. The Labute approximate surface area is 191 Å². The average Bonchev–Trinajstić information content (AvgIpc) is 3.48. The van der Waals surface area contributed by atoms with Crippen molar-refractivity contribution >= 4 is 12.0 Å². The molecule has 0 spiro atoms. The standard InChI is InChI=1S/C23H29FN4O5/c1-27(2)8-7-25-22(29)21-11-20(33-26-21)14-31-23(30)28-12-15-9-19(10-16(15)13-28)32-18-5-3-17(24)4-6-18/h3-6,11,15-16,19H,7-10,12-14H2,1-2H3,(H,25,29)/t15-,16+,19?. The number of hydrogen-bond acceptors (Lipinski definition) is 7. The Hall–Kier alpha value is -3.14. The van der Waals surface area contributed by atoms with Gasteiger partial charge in [0.15, 0.2) is 18.1 Å². The predicted octanol–water partition coefficient (Wildman–Crippen LogP) is 2.53. The smallest absolute Gasteiger partial charge is 0.410 e. The molecular weight excluding hydrogens is 431 g/mol. The van der Waals surface area contributed by atoms with Crippen LogP contribution in [-0.2, 0) is 11.3 Å². The van der Waals surface area contributed by atoms with E-state index in [1.165, 1.54) is 18.2 Å². The first kappa shape index (κ1) is 23.0. The number of aromatic nitrogens is 1. The van der Waals surface area contributed by atoms with Crippen molar-refractivity contribution in [2.75, 3.05) is 40.3 Å². The summed E-state index contributed by atoms with van der Waals surface area (Å²) in [5.41, 5.74) is 0.155. The highest BCUT2D eigenvalue weighted by Crippen LogP contribution is 2.40. The lowest BCUT2D eigenvalue weighted by molar-refractivity contribution is 0.0895. The Bertz CT molecular complexity index is 950. The first-order valence-corrected chi connectivity index (χ1v) is 11.1. The quantitative estimate of drug-likeness (QED) is 0.647. The fraction of sp³-hybridized carbons (Fsp3) is 0.522. The Kier molecular flexibility index (Phi) is 7.12. The fourth-order valence-electron chi connectivity index (χ4n) is 4.39. The minimum absolute atomic E-state index is 0.0696. The summed E-state index contributed by atoms with van der Waals surface area (Å²) in [6.45, 7) is 2.35. The summed E-state index contributed by atoms with van der Waals surface area (Å²) in [6, 6.07) is 7.52.